The second kappa shape index (κ2) is 10.3. The number of amidine groups is 1. The van der Waals surface area contributed by atoms with Gasteiger partial charge in [0.15, 0.2) is 5.17 Å². The van der Waals surface area contributed by atoms with E-state index in [-0.39, 0.29) is 5.91 Å². The number of benzene rings is 3. The van der Waals surface area contributed by atoms with Crippen LogP contribution in [0, 0.1) is 6.92 Å². The van der Waals surface area contributed by atoms with Gasteiger partial charge in [0.2, 0.25) is 5.13 Å². The van der Waals surface area contributed by atoms with Crippen LogP contribution in [-0.4, -0.2) is 28.0 Å². The minimum absolute atomic E-state index is 0.0954. The molecule has 1 fully saturated rings. The molecule has 0 radical (unpaired) electrons. The fraction of sp³-hybridized carbons (Fsp3) is 0.107. The predicted octanol–water partition coefficient (Wildman–Crippen LogP) is 6.93. The van der Waals surface area contributed by atoms with Gasteiger partial charge in [0, 0.05) is 23.6 Å². The number of carbonyl (C=O) groups excluding carboxylic acids is 1. The molecule has 0 bridgehead atoms. The van der Waals surface area contributed by atoms with Crippen LogP contribution >= 0.6 is 23.1 Å². The van der Waals surface area contributed by atoms with E-state index in [0.29, 0.717) is 21.8 Å². The molecule has 1 saturated heterocycles. The summed E-state index contributed by atoms with van der Waals surface area (Å²) in [4.78, 5) is 24.4. The van der Waals surface area contributed by atoms with Crippen LogP contribution in [0.5, 0.6) is 5.75 Å². The van der Waals surface area contributed by atoms with Crippen molar-refractivity contribution >= 4 is 45.4 Å². The van der Waals surface area contributed by atoms with Gasteiger partial charge < -0.3 is 4.74 Å². The van der Waals surface area contributed by atoms with Gasteiger partial charge in [-0.25, -0.2) is 4.98 Å². The summed E-state index contributed by atoms with van der Waals surface area (Å²) in [6.45, 7) is 2.52. The van der Waals surface area contributed by atoms with E-state index < -0.39 is 0 Å². The van der Waals surface area contributed by atoms with Crippen LogP contribution in [0.3, 0.4) is 0 Å². The Balaban J connectivity index is 1.35. The second-order valence-corrected chi connectivity index (χ2v) is 9.91. The molecule has 3 aromatic carbocycles. The van der Waals surface area contributed by atoms with Gasteiger partial charge in [-0.3, -0.25) is 9.69 Å². The number of rotatable bonds is 6. The summed E-state index contributed by atoms with van der Waals surface area (Å²) in [5.74, 6) is 0.636. The molecule has 7 heteroatoms. The highest BCUT2D eigenvalue weighted by Crippen LogP contribution is 2.36. The third-order valence-electron chi connectivity index (χ3n) is 5.48. The van der Waals surface area contributed by atoms with E-state index >= 15 is 0 Å². The number of hydrogen-bond donors (Lipinski definition) is 0. The number of ether oxygens (including phenoxy) is 1. The lowest BCUT2D eigenvalue weighted by molar-refractivity contribution is -0.121. The molecule has 174 valence electrons. The van der Waals surface area contributed by atoms with Crippen LogP contribution in [-0.2, 0) is 11.4 Å². The van der Waals surface area contributed by atoms with E-state index in [0.717, 1.165) is 28.1 Å². The number of hydrogen-bond acceptors (Lipinski definition) is 6. The van der Waals surface area contributed by atoms with Gasteiger partial charge in [0.1, 0.15) is 12.4 Å². The lowest BCUT2D eigenvalue weighted by Crippen LogP contribution is -2.23. The van der Waals surface area contributed by atoms with Crippen LogP contribution in [0.1, 0.15) is 16.7 Å². The molecule has 0 N–H and O–H groups in total. The topological polar surface area (TPSA) is 54.8 Å². The lowest BCUT2D eigenvalue weighted by Gasteiger charge is -2.10. The first-order chi connectivity index (χ1) is 17.1. The van der Waals surface area contributed by atoms with Crippen LogP contribution < -0.4 is 4.74 Å². The third-order valence-corrected chi connectivity index (χ3v) is 7.27. The molecule has 1 aromatic heterocycles. The van der Waals surface area contributed by atoms with Gasteiger partial charge in [-0.2, -0.15) is 4.99 Å². The lowest BCUT2D eigenvalue weighted by atomic mass is 10.1. The van der Waals surface area contributed by atoms with Crippen LogP contribution in [0.4, 0.5) is 5.13 Å². The molecule has 0 spiro atoms. The van der Waals surface area contributed by atoms with Crippen molar-refractivity contribution in [3.63, 3.8) is 0 Å². The Morgan fingerprint density at radius 2 is 1.74 bits per heavy atom. The molecule has 2 heterocycles. The molecule has 5 nitrogen and oxygen atoms in total. The monoisotopic (exact) mass is 497 g/mol. The fourth-order valence-corrected chi connectivity index (χ4v) is 5.22. The average Bonchev–Trinajstić information content (AvgIpc) is 3.46. The fourth-order valence-electron chi connectivity index (χ4n) is 3.51. The predicted molar refractivity (Wildman–Crippen MR) is 145 cm³/mol. The minimum Gasteiger partial charge on any atom is -0.488 e. The zero-order valence-electron chi connectivity index (χ0n) is 19.3. The molecular weight excluding hydrogens is 474 g/mol. The van der Waals surface area contributed by atoms with E-state index in [9.17, 15) is 4.79 Å². The van der Waals surface area contributed by atoms with E-state index in [1.165, 1.54) is 28.7 Å². The number of carbonyl (C=O) groups is 1. The van der Waals surface area contributed by atoms with Crippen molar-refractivity contribution in [2.45, 2.75) is 13.5 Å². The maximum absolute atomic E-state index is 13.0. The largest absolute Gasteiger partial charge is 0.488 e. The molecular formula is C28H23N3O2S2. The van der Waals surface area contributed by atoms with Gasteiger partial charge >= 0.3 is 0 Å². The summed E-state index contributed by atoms with van der Waals surface area (Å²) in [6, 6.07) is 26.0. The number of aliphatic imine (C=N–C) groups is 1. The van der Waals surface area contributed by atoms with Gasteiger partial charge in [-0.05, 0) is 36.4 Å². The van der Waals surface area contributed by atoms with E-state index in [1.807, 2.05) is 66.1 Å². The highest BCUT2D eigenvalue weighted by molar-refractivity contribution is 8.18. The van der Waals surface area contributed by atoms with Crippen molar-refractivity contribution in [2.75, 3.05) is 7.05 Å². The molecule has 1 amide bonds. The molecule has 4 aromatic rings. The first kappa shape index (κ1) is 23.1. The van der Waals surface area contributed by atoms with Crippen molar-refractivity contribution in [1.29, 1.82) is 0 Å². The molecule has 35 heavy (non-hydrogen) atoms. The summed E-state index contributed by atoms with van der Waals surface area (Å²) in [6.07, 6.45) is 1.87. The first-order valence-corrected chi connectivity index (χ1v) is 12.8. The van der Waals surface area contributed by atoms with E-state index in [4.69, 9.17) is 4.74 Å². The number of thioether (sulfide) groups is 1. The maximum atomic E-state index is 13.0. The molecule has 1 aliphatic heterocycles. The quantitative estimate of drug-likeness (QED) is 0.271. The normalized spacial score (nSPS) is 15.8. The number of nitrogens with zero attached hydrogens (tertiary/aromatic N) is 3. The summed E-state index contributed by atoms with van der Waals surface area (Å²) in [5, 5.41) is 3.21. The highest BCUT2D eigenvalue weighted by atomic mass is 32.2. The van der Waals surface area contributed by atoms with Crippen molar-refractivity contribution in [3.8, 4) is 17.0 Å². The summed E-state index contributed by atoms with van der Waals surface area (Å²) < 4.78 is 6.09. The van der Waals surface area contributed by atoms with Gasteiger partial charge in [-0.1, -0.05) is 78.4 Å². The molecule has 0 atom stereocenters. The zero-order chi connectivity index (χ0) is 24.2. The minimum atomic E-state index is -0.0954. The molecule has 0 unspecified atom stereocenters. The third kappa shape index (κ3) is 5.37. The number of amides is 1. The highest BCUT2D eigenvalue weighted by Gasteiger charge is 2.31. The number of thiazole rings is 1. The van der Waals surface area contributed by atoms with Crippen molar-refractivity contribution in [1.82, 2.24) is 9.88 Å². The number of para-hydroxylation sites is 1. The smallest absolute Gasteiger partial charge is 0.266 e. The van der Waals surface area contributed by atoms with Crippen LogP contribution in [0.2, 0.25) is 0 Å². The Hall–Kier alpha value is -3.68. The second-order valence-electron chi connectivity index (χ2n) is 8.06. The molecule has 0 saturated carbocycles. The van der Waals surface area contributed by atoms with Crippen LogP contribution in [0.15, 0.2) is 94.1 Å². The summed E-state index contributed by atoms with van der Waals surface area (Å²) in [7, 11) is 1.74. The number of aryl methyl sites for hydroxylation is 1. The molecule has 0 aliphatic carbocycles. The Morgan fingerprint density at radius 1 is 1.00 bits per heavy atom. The van der Waals surface area contributed by atoms with E-state index in [2.05, 4.69) is 41.2 Å². The number of aromatic nitrogens is 1. The van der Waals surface area contributed by atoms with Crippen molar-refractivity contribution in [3.05, 3.63) is 106 Å². The summed E-state index contributed by atoms with van der Waals surface area (Å²) >= 11 is 2.80. The van der Waals surface area contributed by atoms with Crippen molar-refractivity contribution < 1.29 is 9.53 Å². The first-order valence-electron chi connectivity index (χ1n) is 11.1. The Bertz CT molecular complexity index is 1410. The van der Waals surface area contributed by atoms with Gasteiger partial charge in [0.25, 0.3) is 5.91 Å². The Kier molecular flexibility index (Phi) is 6.79. The average molecular weight is 498 g/mol. The van der Waals surface area contributed by atoms with Gasteiger partial charge in [-0.15, -0.1) is 11.3 Å². The molecule has 5 rings (SSSR count). The summed E-state index contributed by atoms with van der Waals surface area (Å²) in [5.41, 5.74) is 5.08. The van der Waals surface area contributed by atoms with Crippen LogP contribution in [0.25, 0.3) is 17.3 Å². The zero-order valence-corrected chi connectivity index (χ0v) is 21.0. The maximum Gasteiger partial charge on any atom is 0.266 e. The molecule has 1 aliphatic rings. The Labute approximate surface area is 212 Å². The Morgan fingerprint density at radius 3 is 2.54 bits per heavy atom. The standard InChI is InChI=1S/C28H23N3O2S2/c1-19-12-14-20(15-13-19)17-33-24-11-7-6-10-22(24)16-25-26(32)31(2)28(35-25)30-27-29-23(18-34-27)21-8-4-3-5-9-21/h3-16,18H,17H2,1-2H3/b25-16-,30-28+. The number of likely N-dealkylation sites (N-methyl/N-ethyl adjacent to an activating group) is 1. The SMILES string of the molecule is Cc1ccc(COc2ccccc2/C=C2\S/C(=N/c3nc(-c4ccccc4)cs3)N(C)C2=O)cc1. The van der Waals surface area contributed by atoms with Gasteiger partial charge in [0.05, 0.1) is 10.6 Å². The van der Waals surface area contributed by atoms with E-state index in [1.54, 1.807) is 11.9 Å². The van der Waals surface area contributed by atoms with Crippen molar-refractivity contribution in [2.24, 2.45) is 4.99 Å².